The van der Waals surface area contributed by atoms with Crippen molar-refractivity contribution in [1.29, 1.82) is 0 Å². The maximum absolute atomic E-state index is 11.5. The molecule has 1 heterocycles. The van der Waals surface area contributed by atoms with E-state index in [4.69, 9.17) is 9.47 Å². The molecule has 0 aromatic rings. The third kappa shape index (κ3) is 4.42. The lowest BCUT2D eigenvalue weighted by molar-refractivity contribution is -0.145. The molecule has 1 fully saturated rings. The molecule has 0 aromatic carbocycles. The van der Waals surface area contributed by atoms with Crippen LogP contribution >= 0.6 is 0 Å². The molecule has 1 aliphatic rings. The monoisotopic (exact) mass is 214 g/mol. The smallest absolute Gasteiger partial charge is 0.306 e. The lowest BCUT2D eigenvalue weighted by Gasteiger charge is -2.06. The molecule has 0 aliphatic carbocycles. The minimum atomic E-state index is -0.274. The van der Waals surface area contributed by atoms with Gasteiger partial charge in [0.2, 0.25) is 0 Å². The molecule has 15 heavy (non-hydrogen) atoms. The van der Waals surface area contributed by atoms with Gasteiger partial charge in [0.15, 0.2) is 0 Å². The van der Waals surface area contributed by atoms with E-state index >= 15 is 0 Å². The fourth-order valence-corrected chi connectivity index (χ4v) is 1.51. The van der Waals surface area contributed by atoms with Gasteiger partial charge < -0.3 is 9.47 Å². The van der Waals surface area contributed by atoms with E-state index in [9.17, 15) is 9.59 Å². The van der Waals surface area contributed by atoms with Gasteiger partial charge in [-0.25, -0.2) is 0 Å². The molecular weight excluding hydrogens is 196 g/mol. The van der Waals surface area contributed by atoms with Crippen LogP contribution in [0.2, 0.25) is 0 Å². The summed E-state index contributed by atoms with van der Waals surface area (Å²) >= 11 is 0. The van der Waals surface area contributed by atoms with Gasteiger partial charge in [-0.05, 0) is 12.8 Å². The van der Waals surface area contributed by atoms with Crippen LogP contribution in [0.1, 0.15) is 32.6 Å². The van der Waals surface area contributed by atoms with Crippen LogP contribution in [-0.4, -0.2) is 31.6 Å². The average molecular weight is 214 g/mol. The second-order valence-corrected chi connectivity index (χ2v) is 3.75. The summed E-state index contributed by atoms with van der Waals surface area (Å²) in [5.41, 5.74) is 0. The van der Waals surface area contributed by atoms with Gasteiger partial charge in [0.1, 0.15) is 5.78 Å². The number of ether oxygens (including phenoxy) is 2. The van der Waals surface area contributed by atoms with Crippen molar-refractivity contribution in [3.8, 4) is 0 Å². The lowest BCUT2D eigenvalue weighted by Crippen LogP contribution is -2.16. The number of carbonyl (C=O) groups is 2. The van der Waals surface area contributed by atoms with Gasteiger partial charge in [-0.15, -0.1) is 0 Å². The van der Waals surface area contributed by atoms with Gasteiger partial charge in [-0.2, -0.15) is 0 Å². The summed E-state index contributed by atoms with van der Waals surface area (Å²) < 4.78 is 9.99. The minimum absolute atomic E-state index is 0.00368. The predicted octanol–water partition coefficient (Wildman–Crippen LogP) is 1.33. The van der Waals surface area contributed by atoms with Gasteiger partial charge in [0.05, 0.1) is 19.6 Å². The number of rotatable bonds is 6. The van der Waals surface area contributed by atoms with Crippen molar-refractivity contribution >= 4 is 11.8 Å². The molecule has 1 unspecified atom stereocenters. The van der Waals surface area contributed by atoms with Gasteiger partial charge in [-0.3, -0.25) is 9.59 Å². The maximum Gasteiger partial charge on any atom is 0.306 e. The van der Waals surface area contributed by atoms with Crippen molar-refractivity contribution in [2.24, 2.45) is 5.92 Å². The molecule has 0 bridgehead atoms. The van der Waals surface area contributed by atoms with Crippen LogP contribution in [0.5, 0.6) is 0 Å². The average Bonchev–Trinajstić information content (AvgIpc) is 2.76. The number of ketones is 1. The van der Waals surface area contributed by atoms with Crippen LogP contribution in [0.15, 0.2) is 0 Å². The van der Waals surface area contributed by atoms with Crippen LogP contribution in [0.25, 0.3) is 0 Å². The molecule has 1 rings (SSSR count). The molecule has 1 aliphatic heterocycles. The molecule has 0 saturated carbocycles. The summed E-state index contributed by atoms with van der Waals surface area (Å²) in [5, 5.41) is 0. The van der Waals surface area contributed by atoms with Crippen molar-refractivity contribution in [3.05, 3.63) is 0 Å². The van der Waals surface area contributed by atoms with Gasteiger partial charge in [-0.1, -0.05) is 6.92 Å². The van der Waals surface area contributed by atoms with Crippen molar-refractivity contribution in [2.75, 3.05) is 19.8 Å². The lowest BCUT2D eigenvalue weighted by atomic mass is 10.00. The van der Waals surface area contributed by atoms with Crippen LogP contribution in [-0.2, 0) is 19.1 Å². The predicted molar refractivity (Wildman–Crippen MR) is 54.4 cm³/mol. The summed E-state index contributed by atoms with van der Waals surface area (Å²) in [6.45, 7) is 3.56. The summed E-state index contributed by atoms with van der Waals surface area (Å²) in [6.07, 6.45) is 2.10. The van der Waals surface area contributed by atoms with Crippen LogP contribution in [0.4, 0.5) is 0 Å². The Morgan fingerprint density at radius 3 is 2.80 bits per heavy atom. The Hall–Kier alpha value is -0.900. The van der Waals surface area contributed by atoms with Crippen LogP contribution in [0, 0.1) is 5.92 Å². The molecule has 4 heteroatoms. The van der Waals surface area contributed by atoms with Gasteiger partial charge in [0.25, 0.3) is 0 Å². The van der Waals surface area contributed by atoms with E-state index in [0.717, 1.165) is 12.8 Å². The normalized spacial score (nSPS) is 20.2. The first kappa shape index (κ1) is 12.2. The minimum Gasteiger partial charge on any atom is -0.466 e. The Labute approximate surface area is 89.9 Å². The highest BCUT2D eigenvalue weighted by molar-refractivity contribution is 5.85. The number of hydrogen-bond acceptors (Lipinski definition) is 4. The molecule has 4 nitrogen and oxygen atoms in total. The fourth-order valence-electron chi connectivity index (χ4n) is 1.51. The summed E-state index contributed by atoms with van der Waals surface area (Å²) in [7, 11) is 0. The molecule has 0 radical (unpaired) electrons. The Bertz CT molecular complexity index is 219. The third-order valence-electron chi connectivity index (χ3n) is 2.43. The zero-order valence-corrected chi connectivity index (χ0v) is 9.16. The second-order valence-electron chi connectivity index (χ2n) is 3.75. The number of carbonyl (C=O) groups excluding carboxylic acids is 2. The molecule has 0 N–H and O–H groups in total. The number of Topliss-reactive ketones (excluding diaryl/α,β-unsaturated/α-hetero) is 1. The van der Waals surface area contributed by atoms with Crippen molar-refractivity contribution in [1.82, 2.24) is 0 Å². The van der Waals surface area contributed by atoms with E-state index in [1.165, 1.54) is 0 Å². The Kier molecular flexibility index (Phi) is 5.32. The molecule has 0 amide bonds. The highest BCUT2D eigenvalue weighted by atomic mass is 16.5. The number of hydrogen-bond donors (Lipinski definition) is 0. The van der Waals surface area contributed by atoms with Crippen LogP contribution < -0.4 is 0 Å². The first-order valence-electron chi connectivity index (χ1n) is 5.50. The van der Waals surface area contributed by atoms with E-state index in [0.29, 0.717) is 19.8 Å². The molecular formula is C11H18O4. The number of esters is 1. The molecule has 86 valence electrons. The molecule has 0 spiro atoms. The quantitative estimate of drug-likeness (QED) is 0.626. The summed E-state index contributed by atoms with van der Waals surface area (Å²) in [4.78, 5) is 22.7. The van der Waals surface area contributed by atoms with Crippen molar-refractivity contribution in [2.45, 2.75) is 32.6 Å². The third-order valence-corrected chi connectivity index (χ3v) is 2.43. The molecule has 1 atom stereocenters. The largest absolute Gasteiger partial charge is 0.466 e. The first-order valence-corrected chi connectivity index (χ1v) is 5.50. The SMILES string of the molecule is CCCOC(=O)CCC(=O)C1CCOC1. The van der Waals surface area contributed by atoms with E-state index in [-0.39, 0.29) is 30.5 Å². The molecule has 1 saturated heterocycles. The molecule has 0 aromatic heterocycles. The highest BCUT2D eigenvalue weighted by Crippen LogP contribution is 2.15. The Morgan fingerprint density at radius 1 is 1.40 bits per heavy atom. The zero-order valence-electron chi connectivity index (χ0n) is 9.16. The van der Waals surface area contributed by atoms with E-state index in [1.807, 2.05) is 6.92 Å². The zero-order chi connectivity index (χ0) is 11.1. The van der Waals surface area contributed by atoms with Crippen molar-refractivity contribution in [3.63, 3.8) is 0 Å². The van der Waals surface area contributed by atoms with E-state index in [2.05, 4.69) is 0 Å². The Balaban J connectivity index is 2.12. The first-order chi connectivity index (χ1) is 7.24. The van der Waals surface area contributed by atoms with E-state index < -0.39 is 0 Å². The van der Waals surface area contributed by atoms with E-state index in [1.54, 1.807) is 0 Å². The summed E-state index contributed by atoms with van der Waals surface area (Å²) in [6, 6.07) is 0. The fraction of sp³-hybridized carbons (Fsp3) is 0.818. The summed E-state index contributed by atoms with van der Waals surface area (Å²) in [5.74, 6) is -0.144. The van der Waals surface area contributed by atoms with Crippen molar-refractivity contribution < 1.29 is 19.1 Å². The maximum atomic E-state index is 11.5. The Morgan fingerprint density at radius 2 is 2.20 bits per heavy atom. The topological polar surface area (TPSA) is 52.6 Å². The highest BCUT2D eigenvalue weighted by Gasteiger charge is 2.23. The van der Waals surface area contributed by atoms with Gasteiger partial charge in [0, 0.05) is 18.9 Å². The standard InChI is InChI=1S/C11H18O4/c1-2-6-15-11(13)4-3-10(12)9-5-7-14-8-9/h9H,2-8H2,1H3. The van der Waals surface area contributed by atoms with Gasteiger partial charge >= 0.3 is 5.97 Å². The van der Waals surface area contributed by atoms with Crippen LogP contribution in [0.3, 0.4) is 0 Å². The second kappa shape index (κ2) is 6.56.